The minimum absolute atomic E-state index is 0.168. The summed E-state index contributed by atoms with van der Waals surface area (Å²) >= 11 is 0. The van der Waals surface area contributed by atoms with Gasteiger partial charge in [0.25, 0.3) is 0 Å². The molecule has 2 N–H and O–H groups in total. The van der Waals surface area contributed by atoms with Crippen LogP contribution in [0.1, 0.15) is 194 Å². The summed E-state index contributed by atoms with van der Waals surface area (Å²) in [5.74, 6) is 0. The van der Waals surface area contributed by atoms with Crippen LogP contribution < -0.4 is 0 Å². The maximum Gasteiger partial charge on any atom is 0.469 e. The molecule has 0 saturated carbocycles. The smallest absolute Gasteiger partial charge is 0.303 e. The third-order valence-electron chi connectivity index (χ3n) is 8.28. The molecule has 6 heteroatoms. The van der Waals surface area contributed by atoms with Gasteiger partial charge in [0.2, 0.25) is 0 Å². The molecule has 0 rings (SSSR count). The number of nitrogens with zero attached hydrogens (tertiary/aromatic N) is 1. The van der Waals surface area contributed by atoms with E-state index in [-0.39, 0.29) is 6.61 Å². The summed E-state index contributed by atoms with van der Waals surface area (Å²) in [4.78, 5) is 20.1. The number of hydrogen-bond acceptors (Lipinski definition) is 3. The van der Waals surface area contributed by atoms with Crippen molar-refractivity contribution in [3.05, 3.63) is 0 Å². The Labute approximate surface area is 251 Å². The van der Waals surface area contributed by atoms with E-state index in [0.29, 0.717) is 0 Å². The van der Waals surface area contributed by atoms with Crippen LogP contribution in [0.25, 0.3) is 0 Å². The molecule has 0 aliphatic heterocycles. The van der Waals surface area contributed by atoms with Crippen molar-refractivity contribution in [2.45, 2.75) is 194 Å². The second-order valence-electron chi connectivity index (χ2n) is 12.4. The number of rotatable bonds is 34. The van der Waals surface area contributed by atoms with Crippen LogP contribution in [0.15, 0.2) is 0 Å². The average molecular weight is 590 g/mol. The highest BCUT2D eigenvalue weighted by atomic mass is 31.2. The van der Waals surface area contributed by atoms with Crippen molar-refractivity contribution in [2.24, 2.45) is 0 Å². The summed E-state index contributed by atoms with van der Waals surface area (Å²) < 4.78 is 15.1. The highest BCUT2D eigenvalue weighted by molar-refractivity contribution is 7.46. The van der Waals surface area contributed by atoms with Crippen molar-refractivity contribution in [2.75, 3.05) is 26.2 Å². The largest absolute Gasteiger partial charge is 0.469 e. The molecule has 0 aromatic carbocycles. The molecule has 40 heavy (non-hydrogen) atoms. The van der Waals surface area contributed by atoms with Crippen LogP contribution in [-0.4, -0.2) is 40.9 Å². The van der Waals surface area contributed by atoms with Gasteiger partial charge in [-0.25, -0.2) is 4.57 Å². The Morgan fingerprint density at radius 1 is 0.425 bits per heavy atom. The molecule has 0 amide bonds. The average Bonchev–Trinajstić information content (AvgIpc) is 2.92. The van der Waals surface area contributed by atoms with Crippen molar-refractivity contribution in [1.82, 2.24) is 4.90 Å². The molecule has 0 aliphatic rings. The normalized spacial score (nSPS) is 12.1. The molecule has 0 aromatic rings. The van der Waals surface area contributed by atoms with E-state index >= 15 is 0 Å². The van der Waals surface area contributed by atoms with Crippen molar-refractivity contribution in [3.8, 4) is 0 Å². The third kappa shape index (κ3) is 34.3. The molecule has 0 saturated heterocycles. The SMILES string of the molecule is CCCCCCCCN(CCCCCCCC)CCCCCCCCCCCCCCCCCCOP(=O)(O)O. The Hall–Kier alpha value is 0.0700. The second-order valence-corrected chi connectivity index (χ2v) is 13.6. The minimum Gasteiger partial charge on any atom is -0.303 e. The molecule has 0 aliphatic carbocycles. The van der Waals surface area contributed by atoms with Gasteiger partial charge in [-0.1, -0.05) is 168 Å². The molecule has 242 valence electrons. The van der Waals surface area contributed by atoms with Gasteiger partial charge in [0.15, 0.2) is 0 Å². The van der Waals surface area contributed by atoms with E-state index in [0.717, 1.165) is 19.3 Å². The first-order valence-corrected chi connectivity index (χ1v) is 19.4. The molecule has 0 unspecified atom stereocenters. The van der Waals surface area contributed by atoms with E-state index in [4.69, 9.17) is 9.79 Å². The highest BCUT2D eigenvalue weighted by Crippen LogP contribution is 2.35. The lowest BCUT2D eigenvalue weighted by molar-refractivity contribution is 0.193. The Balaban J connectivity index is 3.56. The van der Waals surface area contributed by atoms with Crippen LogP contribution in [-0.2, 0) is 9.09 Å². The predicted molar refractivity (Wildman–Crippen MR) is 175 cm³/mol. The van der Waals surface area contributed by atoms with Gasteiger partial charge < -0.3 is 14.7 Å². The van der Waals surface area contributed by atoms with Crippen LogP contribution in [0.4, 0.5) is 0 Å². The van der Waals surface area contributed by atoms with Crippen molar-refractivity contribution in [1.29, 1.82) is 0 Å². The van der Waals surface area contributed by atoms with Gasteiger partial charge >= 0.3 is 7.82 Å². The molecule has 5 nitrogen and oxygen atoms in total. The van der Waals surface area contributed by atoms with Crippen molar-refractivity contribution >= 4 is 7.82 Å². The summed E-state index contributed by atoms with van der Waals surface area (Å²) in [6.45, 7) is 8.77. The third-order valence-corrected chi connectivity index (χ3v) is 8.80. The summed E-state index contributed by atoms with van der Waals surface area (Å²) in [6, 6.07) is 0. The fourth-order valence-electron chi connectivity index (χ4n) is 5.66. The summed E-state index contributed by atoms with van der Waals surface area (Å²) in [5.41, 5.74) is 0. The summed E-state index contributed by atoms with van der Waals surface area (Å²) in [7, 11) is -4.28. The van der Waals surface area contributed by atoms with Gasteiger partial charge in [-0.2, -0.15) is 0 Å². The molecular weight excluding hydrogens is 517 g/mol. The lowest BCUT2D eigenvalue weighted by Gasteiger charge is -2.22. The van der Waals surface area contributed by atoms with Crippen LogP contribution in [0.2, 0.25) is 0 Å². The molecule has 0 radical (unpaired) electrons. The van der Waals surface area contributed by atoms with Gasteiger partial charge in [-0.05, 0) is 45.3 Å². The zero-order valence-corrected chi connectivity index (χ0v) is 28.1. The Kier molecular flexibility index (Phi) is 32.0. The molecule has 0 bridgehead atoms. The van der Waals surface area contributed by atoms with Crippen molar-refractivity contribution in [3.63, 3.8) is 0 Å². The summed E-state index contributed by atoms with van der Waals surface area (Å²) in [5, 5.41) is 0. The fraction of sp³-hybridized carbons (Fsp3) is 1.00. The number of phosphoric ester groups is 1. The maximum absolute atomic E-state index is 10.6. The number of phosphoric acid groups is 1. The second kappa shape index (κ2) is 32.0. The maximum atomic E-state index is 10.6. The standard InChI is InChI=1S/C34H72NO4P/c1-3-5-7-9-23-27-31-35(32-28-24-10-8-6-4-2)33-29-25-21-19-17-15-13-11-12-14-16-18-20-22-26-30-34-39-40(36,37)38/h3-34H2,1-2H3,(H2,36,37,38). The predicted octanol–water partition coefficient (Wildman–Crippen LogP) is 11.4. The molecule has 0 aromatic heterocycles. The first kappa shape index (κ1) is 40.1. The quantitative estimate of drug-likeness (QED) is 0.0577. The lowest BCUT2D eigenvalue weighted by Crippen LogP contribution is -2.27. The van der Waals surface area contributed by atoms with Crippen molar-refractivity contribution < 1.29 is 18.9 Å². The highest BCUT2D eigenvalue weighted by Gasteiger charge is 2.12. The van der Waals surface area contributed by atoms with Crippen LogP contribution in [0, 0.1) is 0 Å². The molecule has 0 fully saturated rings. The minimum atomic E-state index is -4.28. The van der Waals surface area contributed by atoms with Gasteiger partial charge in [-0.3, -0.25) is 4.52 Å². The number of hydrogen-bond donors (Lipinski definition) is 2. The van der Waals surface area contributed by atoms with E-state index in [1.807, 2.05) is 0 Å². The van der Waals surface area contributed by atoms with Gasteiger partial charge in [0.05, 0.1) is 6.61 Å². The Morgan fingerprint density at radius 2 is 0.675 bits per heavy atom. The zero-order valence-electron chi connectivity index (χ0n) is 27.2. The van der Waals surface area contributed by atoms with Crippen LogP contribution >= 0.6 is 7.82 Å². The summed E-state index contributed by atoms with van der Waals surface area (Å²) in [6.07, 6.45) is 37.6. The van der Waals surface area contributed by atoms with Gasteiger partial charge in [0.1, 0.15) is 0 Å². The molecule has 0 heterocycles. The first-order chi connectivity index (χ1) is 19.5. The molecule has 0 spiro atoms. The fourth-order valence-corrected chi connectivity index (χ4v) is 6.03. The first-order valence-electron chi connectivity index (χ1n) is 17.9. The zero-order chi connectivity index (χ0) is 29.4. The monoisotopic (exact) mass is 590 g/mol. The molecular formula is C34H72NO4P. The van der Waals surface area contributed by atoms with Gasteiger partial charge in [-0.15, -0.1) is 0 Å². The lowest BCUT2D eigenvalue weighted by atomic mass is 10.0. The van der Waals surface area contributed by atoms with E-state index in [1.165, 1.54) is 180 Å². The van der Waals surface area contributed by atoms with E-state index in [9.17, 15) is 4.57 Å². The topological polar surface area (TPSA) is 70.0 Å². The Morgan fingerprint density at radius 3 is 0.950 bits per heavy atom. The van der Waals surface area contributed by atoms with Crippen LogP contribution in [0.3, 0.4) is 0 Å². The van der Waals surface area contributed by atoms with E-state index in [2.05, 4.69) is 23.3 Å². The Bertz CT molecular complexity index is 512. The van der Waals surface area contributed by atoms with E-state index < -0.39 is 7.82 Å². The van der Waals surface area contributed by atoms with Gasteiger partial charge in [0, 0.05) is 0 Å². The number of unbranched alkanes of at least 4 members (excludes halogenated alkanes) is 25. The molecule has 0 atom stereocenters. The van der Waals surface area contributed by atoms with Crippen LogP contribution in [0.5, 0.6) is 0 Å². The van der Waals surface area contributed by atoms with E-state index in [1.54, 1.807) is 0 Å².